The number of nitrogens with zero attached hydrogens (tertiary/aromatic N) is 4. The standard InChI is InChI=1S/C16H20N6/c1-11-5-6-13(9-12(11)10-17)22-15(19)20-14(18)21-16(22)7-3-2-4-8-16/h5-6,9H,2-4,7-8H2,1H3,(H4,18,19,20,21). The van der Waals surface area contributed by atoms with Crippen molar-refractivity contribution in [3.63, 3.8) is 0 Å². The van der Waals surface area contributed by atoms with Gasteiger partial charge in [0.25, 0.3) is 0 Å². The Kier molecular flexibility index (Phi) is 3.49. The molecule has 1 saturated carbocycles. The van der Waals surface area contributed by atoms with Crippen molar-refractivity contribution in [2.75, 3.05) is 4.90 Å². The van der Waals surface area contributed by atoms with Gasteiger partial charge in [-0.2, -0.15) is 10.3 Å². The number of benzene rings is 1. The highest BCUT2D eigenvalue weighted by Gasteiger charge is 2.42. The first kappa shape index (κ1) is 14.4. The second kappa shape index (κ2) is 5.34. The highest BCUT2D eigenvalue weighted by atomic mass is 15.4. The molecular formula is C16H20N6. The average Bonchev–Trinajstić information content (AvgIpc) is 2.48. The van der Waals surface area contributed by atoms with E-state index in [-0.39, 0.29) is 5.96 Å². The van der Waals surface area contributed by atoms with Crippen LogP contribution in [-0.2, 0) is 0 Å². The molecule has 1 aromatic rings. The molecule has 1 aliphatic heterocycles. The van der Waals surface area contributed by atoms with Gasteiger partial charge >= 0.3 is 0 Å². The van der Waals surface area contributed by atoms with E-state index in [9.17, 15) is 5.26 Å². The fourth-order valence-electron chi connectivity index (χ4n) is 3.36. The van der Waals surface area contributed by atoms with Gasteiger partial charge in [-0.15, -0.1) is 0 Å². The molecule has 1 fully saturated rings. The lowest BCUT2D eigenvalue weighted by Crippen LogP contribution is -2.58. The highest BCUT2D eigenvalue weighted by Crippen LogP contribution is 2.39. The lowest BCUT2D eigenvalue weighted by molar-refractivity contribution is 0.305. The van der Waals surface area contributed by atoms with E-state index in [1.165, 1.54) is 6.42 Å². The van der Waals surface area contributed by atoms with E-state index in [1.807, 2.05) is 30.0 Å². The van der Waals surface area contributed by atoms with Gasteiger partial charge in [-0.25, -0.2) is 4.99 Å². The molecular weight excluding hydrogens is 276 g/mol. The van der Waals surface area contributed by atoms with Crippen molar-refractivity contribution in [2.24, 2.45) is 21.5 Å². The predicted octanol–water partition coefficient (Wildman–Crippen LogP) is 1.98. The maximum absolute atomic E-state index is 9.27. The van der Waals surface area contributed by atoms with Crippen LogP contribution in [0, 0.1) is 18.3 Å². The van der Waals surface area contributed by atoms with Gasteiger partial charge in [0, 0.05) is 5.69 Å². The third-order valence-corrected chi connectivity index (χ3v) is 4.45. The molecule has 0 atom stereocenters. The van der Waals surface area contributed by atoms with E-state index < -0.39 is 5.66 Å². The molecule has 1 aliphatic carbocycles. The third-order valence-electron chi connectivity index (χ3n) is 4.45. The first-order valence-corrected chi connectivity index (χ1v) is 7.56. The molecule has 3 rings (SSSR count). The molecule has 6 nitrogen and oxygen atoms in total. The first-order valence-electron chi connectivity index (χ1n) is 7.56. The van der Waals surface area contributed by atoms with Crippen molar-refractivity contribution in [1.82, 2.24) is 0 Å². The normalized spacial score (nSPS) is 20.3. The van der Waals surface area contributed by atoms with Crippen LogP contribution in [0.5, 0.6) is 0 Å². The molecule has 114 valence electrons. The Morgan fingerprint density at radius 3 is 2.64 bits per heavy atom. The zero-order valence-corrected chi connectivity index (χ0v) is 12.7. The second-order valence-corrected chi connectivity index (χ2v) is 5.93. The topological polar surface area (TPSA) is 104 Å². The van der Waals surface area contributed by atoms with Crippen LogP contribution in [0.3, 0.4) is 0 Å². The number of hydrogen-bond donors (Lipinski definition) is 2. The number of aliphatic imine (C=N–C) groups is 2. The summed E-state index contributed by atoms with van der Waals surface area (Å²) in [6.07, 6.45) is 5.13. The van der Waals surface area contributed by atoms with Crippen LogP contribution >= 0.6 is 0 Å². The summed E-state index contributed by atoms with van der Waals surface area (Å²) in [6, 6.07) is 7.97. The SMILES string of the molecule is Cc1ccc(N2C(N)=NC(N)=NC23CCCCC3)cc1C#N. The summed E-state index contributed by atoms with van der Waals surface area (Å²) in [5.41, 5.74) is 14.0. The minimum absolute atomic E-state index is 0.239. The summed E-state index contributed by atoms with van der Waals surface area (Å²) in [4.78, 5) is 10.7. The highest BCUT2D eigenvalue weighted by molar-refractivity contribution is 6.05. The molecule has 0 amide bonds. The van der Waals surface area contributed by atoms with Crippen LogP contribution in [0.2, 0.25) is 0 Å². The zero-order chi connectivity index (χ0) is 15.7. The molecule has 4 N–H and O–H groups in total. The van der Waals surface area contributed by atoms with Crippen molar-refractivity contribution in [3.8, 4) is 6.07 Å². The minimum atomic E-state index is -0.462. The lowest BCUT2D eigenvalue weighted by Gasteiger charge is -2.45. The van der Waals surface area contributed by atoms with E-state index >= 15 is 0 Å². The smallest absolute Gasteiger partial charge is 0.220 e. The van der Waals surface area contributed by atoms with Crippen molar-refractivity contribution in [2.45, 2.75) is 44.7 Å². The van der Waals surface area contributed by atoms with E-state index in [0.29, 0.717) is 11.5 Å². The van der Waals surface area contributed by atoms with Crippen molar-refractivity contribution in [3.05, 3.63) is 29.3 Å². The van der Waals surface area contributed by atoms with Gasteiger partial charge in [-0.05, 0) is 50.3 Å². The quantitative estimate of drug-likeness (QED) is 0.826. The Morgan fingerprint density at radius 2 is 1.95 bits per heavy atom. The largest absolute Gasteiger partial charge is 0.369 e. The summed E-state index contributed by atoms with van der Waals surface area (Å²) >= 11 is 0. The molecule has 0 aromatic heterocycles. The fourth-order valence-corrected chi connectivity index (χ4v) is 3.36. The van der Waals surface area contributed by atoms with Gasteiger partial charge in [0.1, 0.15) is 5.66 Å². The molecule has 6 heteroatoms. The Labute approximate surface area is 130 Å². The predicted molar refractivity (Wildman–Crippen MR) is 87.4 cm³/mol. The first-order chi connectivity index (χ1) is 10.6. The van der Waals surface area contributed by atoms with Crippen LogP contribution in [0.25, 0.3) is 0 Å². The van der Waals surface area contributed by atoms with Gasteiger partial charge in [-0.1, -0.05) is 12.5 Å². The molecule has 0 unspecified atom stereocenters. The Bertz CT molecular complexity index is 691. The zero-order valence-electron chi connectivity index (χ0n) is 12.7. The molecule has 0 saturated heterocycles. The lowest BCUT2D eigenvalue weighted by atomic mass is 9.87. The fraction of sp³-hybridized carbons (Fsp3) is 0.438. The number of guanidine groups is 2. The van der Waals surface area contributed by atoms with Crippen LogP contribution in [-0.4, -0.2) is 17.6 Å². The molecule has 2 aliphatic rings. The number of rotatable bonds is 1. The minimum Gasteiger partial charge on any atom is -0.369 e. The maximum atomic E-state index is 9.27. The monoisotopic (exact) mass is 296 g/mol. The van der Waals surface area contributed by atoms with E-state index in [1.54, 1.807) is 0 Å². The van der Waals surface area contributed by atoms with Crippen LogP contribution in [0.1, 0.15) is 43.2 Å². The average molecular weight is 296 g/mol. The van der Waals surface area contributed by atoms with Crippen molar-refractivity contribution in [1.29, 1.82) is 5.26 Å². The summed E-state index contributed by atoms with van der Waals surface area (Å²) < 4.78 is 0. The van der Waals surface area contributed by atoms with Crippen molar-refractivity contribution >= 4 is 17.6 Å². The van der Waals surface area contributed by atoms with Crippen LogP contribution in [0.15, 0.2) is 28.2 Å². The van der Waals surface area contributed by atoms with Gasteiger partial charge in [0.05, 0.1) is 11.6 Å². The van der Waals surface area contributed by atoms with E-state index in [0.717, 1.165) is 36.9 Å². The number of hydrogen-bond acceptors (Lipinski definition) is 6. The van der Waals surface area contributed by atoms with E-state index in [2.05, 4.69) is 16.1 Å². The van der Waals surface area contributed by atoms with Crippen LogP contribution in [0.4, 0.5) is 5.69 Å². The van der Waals surface area contributed by atoms with Crippen LogP contribution < -0.4 is 16.4 Å². The summed E-state index contributed by atoms with van der Waals surface area (Å²) in [7, 11) is 0. The van der Waals surface area contributed by atoms with E-state index in [4.69, 9.17) is 11.5 Å². The summed E-state index contributed by atoms with van der Waals surface area (Å²) in [6.45, 7) is 1.92. The molecule has 22 heavy (non-hydrogen) atoms. The number of anilines is 1. The molecule has 1 aromatic carbocycles. The van der Waals surface area contributed by atoms with Crippen molar-refractivity contribution < 1.29 is 0 Å². The second-order valence-electron chi connectivity index (χ2n) is 5.93. The maximum Gasteiger partial charge on any atom is 0.220 e. The van der Waals surface area contributed by atoms with Gasteiger partial charge in [-0.3, -0.25) is 4.90 Å². The number of aryl methyl sites for hydroxylation is 1. The van der Waals surface area contributed by atoms with Gasteiger partial charge in [0.15, 0.2) is 0 Å². The van der Waals surface area contributed by atoms with Gasteiger partial charge in [0.2, 0.25) is 11.9 Å². The molecule has 0 bridgehead atoms. The summed E-state index contributed by atoms with van der Waals surface area (Å²) in [5.74, 6) is 0.588. The molecule has 1 heterocycles. The molecule has 0 radical (unpaired) electrons. The summed E-state index contributed by atoms with van der Waals surface area (Å²) in [5, 5.41) is 9.27. The Hall–Kier alpha value is -2.55. The third kappa shape index (κ3) is 2.29. The number of nitrogens with two attached hydrogens (primary N) is 2. The molecule has 1 spiro atoms. The number of nitriles is 1. The Balaban J connectivity index is 2.10. The van der Waals surface area contributed by atoms with Gasteiger partial charge < -0.3 is 11.5 Å². The Morgan fingerprint density at radius 1 is 1.23 bits per heavy atom.